The zero-order chi connectivity index (χ0) is 5.98. The first-order valence-electron chi connectivity index (χ1n) is 2.09. The summed E-state index contributed by atoms with van der Waals surface area (Å²) in [6, 6.07) is 0. The third-order valence-corrected chi connectivity index (χ3v) is 1.50. The van der Waals surface area contributed by atoms with Crippen LogP contribution < -0.4 is 0 Å². The van der Waals surface area contributed by atoms with Crippen LogP contribution in [0.3, 0.4) is 0 Å². The van der Waals surface area contributed by atoms with Crippen LogP contribution in [0.5, 0.6) is 0 Å². The Morgan fingerprint density at radius 3 is 2.75 bits per heavy atom. The molecule has 0 N–H and O–H groups in total. The zero-order valence-corrected chi connectivity index (χ0v) is 5.47. The van der Waals surface area contributed by atoms with Gasteiger partial charge in [0.15, 0.2) is 0 Å². The van der Waals surface area contributed by atoms with Gasteiger partial charge in [0, 0.05) is 18.0 Å². The molecule has 0 saturated heterocycles. The quantitative estimate of drug-likeness (QED) is 0.291. The summed E-state index contributed by atoms with van der Waals surface area (Å²) in [6.45, 7) is 0. The van der Waals surface area contributed by atoms with Crippen LogP contribution in [0.4, 0.5) is 0 Å². The van der Waals surface area contributed by atoms with Crippen molar-refractivity contribution in [2.45, 2.75) is 5.50 Å². The lowest BCUT2D eigenvalue weighted by molar-refractivity contribution is 0.691. The van der Waals surface area contributed by atoms with Crippen molar-refractivity contribution in [3.05, 3.63) is 12.3 Å². The average Bonchev–Trinajstić information content (AvgIpc) is 1.77. The van der Waals surface area contributed by atoms with Gasteiger partial charge in [-0.1, -0.05) is 11.6 Å². The highest BCUT2D eigenvalue weighted by Gasteiger charge is 2.07. The Morgan fingerprint density at radius 2 is 2.38 bits per heavy atom. The highest BCUT2D eigenvalue weighted by Crippen LogP contribution is 2.09. The Hall–Kier alpha value is -0.210. The minimum absolute atomic E-state index is 0.255. The number of nitrogens with zero attached hydrogens (tertiary/aromatic N) is 2. The summed E-state index contributed by atoms with van der Waals surface area (Å²) in [5.41, 5.74) is -0.255. The summed E-state index contributed by atoms with van der Waals surface area (Å²) >= 11 is 11.1. The van der Waals surface area contributed by atoms with E-state index in [0.29, 0.717) is 0 Å². The molecular formula is C4H4Cl2N2. The second-order valence-electron chi connectivity index (χ2n) is 1.32. The van der Waals surface area contributed by atoms with Gasteiger partial charge < -0.3 is 0 Å². The first-order valence-corrected chi connectivity index (χ1v) is 2.86. The maximum atomic E-state index is 5.58. The summed E-state index contributed by atoms with van der Waals surface area (Å²) < 4.78 is 1.29. The number of hydrogen-bond donors (Lipinski definition) is 0. The van der Waals surface area contributed by atoms with Gasteiger partial charge in [-0.25, -0.2) is 4.99 Å². The van der Waals surface area contributed by atoms with Gasteiger partial charge in [-0.2, -0.15) is 0 Å². The molecule has 0 aliphatic carbocycles. The fraction of sp³-hybridized carbons (Fsp3) is 0.250. The molecule has 0 bridgehead atoms. The van der Waals surface area contributed by atoms with Crippen LogP contribution in [0.15, 0.2) is 17.3 Å². The summed E-state index contributed by atoms with van der Waals surface area (Å²) in [5, 5.41) is 0. The lowest BCUT2D eigenvalue weighted by Crippen LogP contribution is -2.19. The molecule has 0 aromatic carbocycles. The standard InChI is InChI=1S/C4H4Cl2N2/c5-4-1-2-7-3-8(4)6/h1-4H. The van der Waals surface area contributed by atoms with Gasteiger partial charge >= 0.3 is 0 Å². The first-order chi connectivity index (χ1) is 3.80. The molecule has 8 heavy (non-hydrogen) atoms. The number of rotatable bonds is 0. The van der Waals surface area contributed by atoms with Gasteiger partial charge in [0.1, 0.15) is 11.8 Å². The van der Waals surface area contributed by atoms with Gasteiger partial charge in [-0.3, -0.25) is 4.42 Å². The van der Waals surface area contributed by atoms with Crippen LogP contribution in [0.2, 0.25) is 0 Å². The van der Waals surface area contributed by atoms with Gasteiger partial charge in [0.2, 0.25) is 0 Å². The Balaban J connectivity index is 2.59. The van der Waals surface area contributed by atoms with Crippen LogP contribution in [-0.4, -0.2) is 16.3 Å². The number of alkyl halides is 1. The molecule has 0 amide bonds. The first kappa shape index (κ1) is 5.92. The predicted octanol–water partition coefficient (Wildman–Crippen LogP) is 1.56. The van der Waals surface area contributed by atoms with Crippen molar-refractivity contribution in [1.29, 1.82) is 0 Å². The molecule has 0 saturated carbocycles. The number of halogens is 2. The minimum Gasteiger partial charge on any atom is -0.253 e. The van der Waals surface area contributed by atoms with Crippen molar-refractivity contribution < 1.29 is 0 Å². The third-order valence-electron chi connectivity index (χ3n) is 0.744. The fourth-order valence-corrected chi connectivity index (χ4v) is 0.600. The molecule has 2 nitrogen and oxygen atoms in total. The lowest BCUT2D eigenvalue weighted by atomic mass is 10.5. The third kappa shape index (κ3) is 1.14. The topological polar surface area (TPSA) is 15.6 Å². The SMILES string of the molecule is ClC1C=CN=CN1Cl. The number of aliphatic imine (C=N–C) groups is 1. The Bertz CT molecular complexity index is 116. The predicted molar refractivity (Wildman–Crippen MR) is 35.0 cm³/mol. The largest absolute Gasteiger partial charge is 0.253 e. The minimum atomic E-state index is -0.255. The van der Waals surface area contributed by atoms with Crippen molar-refractivity contribution in [3.8, 4) is 0 Å². The van der Waals surface area contributed by atoms with Gasteiger partial charge in [-0.15, -0.1) is 0 Å². The van der Waals surface area contributed by atoms with Crippen LogP contribution in [0.1, 0.15) is 0 Å². The maximum absolute atomic E-state index is 5.58. The molecule has 1 heterocycles. The molecule has 0 aromatic heterocycles. The van der Waals surface area contributed by atoms with Crippen LogP contribution in [0.25, 0.3) is 0 Å². The molecule has 0 aromatic rings. The smallest absolute Gasteiger partial charge is 0.140 e. The molecule has 44 valence electrons. The molecule has 4 heteroatoms. The summed E-state index contributed by atoms with van der Waals surface area (Å²) in [5.74, 6) is 0. The summed E-state index contributed by atoms with van der Waals surface area (Å²) in [4.78, 5) is 3.71. The van der Waals surface area contributed by atoms with Crippen molar-refractivity contribution in [3.63, 3.8) is 0 Å². The normalized spacial score (nSPS) is 26.8. The zero-order valence-electron chi connectivity index (χ0n) is 3.96. The Morgan fingerprint density at radius 1 is 1.62 bits per heavy atom. The molecule has 1 aliphatic heterocycles. The summed E-state index contributed by atoms with van der Waals surface area (Å²) in [6.07, 6.45) is 4.75. The molecule has 1 unspecified atom stereocenters. The highest BCUT2D eigenvalue weighted by atomic mass is 35.5. The molecule has 1 atom stereocenters. The Kier molecular flexibility index (Phi) is 1.76. The molecular weight excluding hydrogens is 147 g/mol. The number of hydrogen-bond acceptors (Lipinski definition) is 2. The lowest BCUT2D eigenvalue weighted by Gasteiger charge is -2.14. The van der Waals surface area contributed by atoms with Gasteiger partial charge in [0.25, 0.3) is 0 Å². The van der Waals surface area contributed by atoms with E-state index in [1.54, 1.807) is 12.3 Å². The second-order valence-corrected chi connectivity index (χ2v) is 2.16. The van der Waals surface area contributed by atoms with Crippen LogP contribution >= 0.6 is 23.4 Å². The molecule has 0 radical (unpaired) electrons. The van der Waals surface area contributed by atoms with E-state index in [4.69, 9.17) is 23.4 Å². The van der Waals surface area contributed by atoms with Crippen molar-refractivity contribution in [1.82, 2.24) is 4.42 Å². The Labute approximate surface area is 57.5 Å². The van der Waals surface area contributed by atoms with E-state index in [1.807, 2.05) is 0 Å². The molecule has 0 spiro atoms. The average molecular weight is 151 g/mol. The molecule has 1 rings (SSSR count). The van der Waals surface area contributed by atoms with Crippen molar-refractivity contribution in [2.75, 3.05) is 0 Å². The van der Waals surface area contributed by atoms with Crippen molar-refractivity contribution >= 4 is 29.7 Å². The van der Waals surface area contributed by atoms with E-state index >= 15 is 0 Å². The van der Waals surface area contributed by atoms with E-state index < -0.39 is 0 Å². The van der Waals surface area contributed by atoms with E-state index in [-0.39, 0.29) is 5.50 Å². The van der Waals surface area contributed by atoms with Crippen LogP contribution in [-0.2, 0) is 0 Å². The molecule has 1 aliphatic rings. The highest BCUT2D eigenvalue weighted by molar-refractivity contribution is 6.29. The fourth-order valence-electron chi connectivity index (χ4n) is 0.369. The summed E-state index contributed by atoms with van der Waals surface area (Å²) in [7, 11) is 0. The van der Waals surface area contributed by atoms with Crippen molar-refractivity contribution in [2.24, 2.45) is 4.99 Å². The van der Waals surface area contributed by atoms with E-state index in [2.05, 4.69) is 4.99 Å². The second kappa shape index (κ2) is 2.37. The van der Waals surface area contributed by atoms with Gasteiger partial charge in [0.05, 0.1) is 0 Å². The van der Waals surface area contributed by atoms with E-state index in [0.717, 1.165) is 0 Å². The van der Waals surface area contributed by atoms with Crippen LogP contribution in [0, 0.1) is 0 Å². The van der Waals surface area contributed by atoms with Gasteiger partial charge in [-0.05, 0) is 6.08 Å². The van der Waals surface area contributed by atoms with E-state index in [1.165, 1.54) is 10.8 Å². The van der Waals surface area contributed by atoms with E-state index in [9.17, 15) is 0 Å². The molecule has 0 fully saturated rings. The monoisotopic (exact) mass is 150 g/mol. The maximum Gasteiger partial charge on any atom is 0.140 e.